The third-order valence-electron chi connectivity index (χ3n) is 21.7. The van der Waals surface area contributed by atoms with E-state index in [4.69, 9.17) is 37.9 Å². The fourth-order valence-electron chi connectivity index (χ4n) is 16.9. The zero-order valence-corrected chi connectivity index (χ0v) is 43.6. The van der Waals surface area contributed by atoms with Crippen LogP contribution >= 0.6 is 0 Å². The van der Waals surface area contributed by atoms with Gasteiger partial charge >= 0.3 is 5.97 Å². The van der Waals surface area contributed by atoms with Gasteiger partial charge in [0.1, 0.15) is 85.1 Å². The molecule has 10 rings (SSSR count). The van der Waals surface area contributed by atoms with Gasteiger partial charge in [0.25, 0.3) is 0 Å². The molecule has 75 heavy (non-hydrogen) atoms. The lowest BCUT2D eigenvalue weighted by Gasteiger charge is -2.73. The van der Waals surface area contributed by atoms with Crippen LogP contribution in [0.2, 0.25) is 0 Å². The van der Waals surface area contributed by atoms with Gasteiger partial charge in [0.15, 0.2) is 18.9 Å². The van der Waals surface area contributed by atoms with E-state index in [1.165, 1.54) is 0 Å². The van der Waals surface area contributed by atoms with Crippen molar-refractivity contribution in [1.29, 1.82) is 0 Å². The van der Waals surface area contributed by atoms with Crippen molar-refractivity contribution >= 4 is 12.3 Å². The van der Waals surface area contributed by atoms with E-state index in [2.05, 4.69) is 27.7 Å². The molecule has 0 radical (unpaired) electrons. The minimum Gasteiger partial charge on any atom is -0.458 e. The van der Waals surface area contributed by atoms with Gasteiger partial charge in [-0.3, -0.25) is 0 Å². The molecule has 422 valence electrons. The maximum Gasteiger partial charge on any atom is 0.338 e. The van der Waals surface area contributed by atoms with Gasteiger partial charge in [-0.15, -0.1) is 0 Å². The summed E-state index contributed by atoms with van der Waals surface area (Å²) in [5, 5.41) is 120. The first-order chi connectivity index (χ1) is 35.4. The number of ether oxygens (including phenoxy) is 8. The molecule has 9 aliphatic rings. The van der Waals surface area contributed by atoms with Crippen molar-refractivity contribution in [1.82, 2.24) is 0 Å². The van der Waals surface area contributed by atoms with Crippen LogP contribution in [0.5, 0.6) is 0 Å². The number of hydrogen-bond acceptors (Lipinski definition) is 21. The summed E-state index contributed by atoms with van der Waals surface area (Å²) in [5.74, 6) is -0.842. The van der Waals surface area contributed by atoms with E-state index in [9.17, 15) is 65.8 Å². The minimum absolute atomic E-state index is 0.0497. The molecule has 28 unspecified atom stereocenters. The Hall–Kier alpha value is -2.36. The number of epoxide rings is 1. The Kier molecular flexibility index (Phi) is 14.7. The number of carbonyl (C=O) groups excluding carboxylic acids is 2. The third kappa shape index (κ3) is 8.30. The van der Waals surface area contributed by atoms with E-state index in [1.807, 2.05) is 19.9 Å². The minimum atomic E-state index is -1.89. The molecular weight excluding hydrogens is 985 g/mol. The lowest BCUT2D eigenvalue weighted by atomic mass is 9.31. The van der Waals surface area contributed by atoms with Crippen LogP contribution in [0.25, 0.3) is 0 Å². The Morgan fingerprint density at radius 2 is 1.29 bits per heavy atom. The summed E-state index contributed by atoms with van der Waals surface area (Å²) in [6.45, 7) is 10.5. The quantitative estimate of drug-likeness (QED) is 0.0541. The summed E-state index contributed by atoms with van der Waals surface area (Å²) in [7, 11) is 0. The summed E-state index contributed by atoms with van der Waals surface area (Å²) in [5.41, 5.74) is -4.34. The fourth-order valence-corrected chi connectivity index (χ4v) is 16.9. The molecule has 21 nitrogen and oxygen atoms in total. The predicted octanol–water partition coefficient (Wildman–Crippen LogP) is -0.550. The first-order valence-electron chi connectivity index (χ1n) is 26.9. The highest BCUT2D eigenvalue weighted by atomic mass is 16.8. The number of benzene rings is 1. The molecule has 4 aliphatic heterocycles. The van der Waals surface area contributed by atoms with E-state index in [1.54, 1.807) is 24.3 Å². The number of fused-ring (bicyclic) bond motifs is 5. The Morgan fingerprint density at radius 1 is 0.667 bits per heavy atom. The highest BCUT2D eigenvalue weighted by Crippen LogP contribution is 2.83. The number of hydrogen-bond donors (Lipinski definition) is 11. The van der Waals surface area contributed by atoms with Crippen LogP contribution in [-0.4, -0.2) is 211 Å². The van der Waals surface area contributed by atoms with Crippen LogP contribution < -0.4 is 0 Å². The molecular formula is C54H80O21. The van der Waals surface area contributed by atoms with E-state index < -0.39 is 163 Å². The molecule has 28 atom stereocenters. The Bertz CT molecular complexity index is 2240. The Morgan fingerprint density at radius 3 is 1.89 bits per heavy atom. The van der Waals surface area contributed by atoms with Crippen molar-refractivity contribution in [2.75, 3.05) is 26.4 Å². The average molecular weight is 1070 g/mol. The molecule has 0 aromatic heterocycles. The van der Waals surface area contributed by atoms with Gasteiger partial charge in [0.2, 0.25) is 0 Å². The van der Waals surface area contributed by atoms with Crippen LogP contribution in [0, 0.1) is 50.2 Å². The molecule has 0 amide bonds. The van der Waals surface area contributed by atoms with Gasteiger partial charge in [-0.1, -0.05) is 52.8 Å². The van der Waals surface area contributed by atoms with Crippen molar-refractivity contribution in [3.05, 3.63) is 35.9 Å². The highest BCUT2D eigenvalue weighted by Gasteiger charge is 2.86. The van der Waals surface area contributed by atoms with Crippen LogP contribution in [0.15, 0.2) is 30.3 Å². The first-order valence-corrected chi connectivity index (χ1v) is 26.9. The summed E-state index contributed by atoms with van der Waals surface area (Å²) in [6.07, 6.45) is -20.5. The molecule has 21 heteroatoms. The van der Waals surface area contributed by atoms with Crippen LogP contribution in [0.4, 0.5) is 0 Å². The van der Waals surface area contributed by atoms with Crippen molar-refractivity contribution in [2.45, 2.75) is 209 Å². The van der Waals surface area contributed by atoms with Crippen molar-refractivity contribution in [2.24, 2.45) is 50.2 Å². The lowest BCUT2D eigenvalue weighted by molar-refractivity contribution is -0.383. The maximum absolute atomic E-state index is 13.5. The topological polar surface area (TPSA) is 334 Å². The van der Waals surface area contributed by atoms with Gasteiger partial charge in [-0.2, -0.15) is 0 Å². The maximum atomic E-state index is 13.5. The van der Waals surface area contributed by atoms with Gasteiger partial charge in [0.05, 0.1) is 55.7 Å². The monoisotopic (exact) mass is 1060 g/mol. The number of aliphatic hydroxyl groups excluding tert-OH is 11. The van der Waals surface area contributed by atoms with Gasteiger partial charge in [-0.25, -0.2) is 4.79 Å². The largest absolute Gasteiger partial charge is 0.458 e. The van der Waals surface area contributed by atoms with Crippen LogP contribution in [0.3, 0.4) is 0 Å². The predicted molar refractivity (Wildman–Crippen MR) is 256 cm³/mol. The van der Waals surface area contributed by atoms with E-state index in [-0.39, 0.29) is 35.9 Å². The molecule has 1 aromatic rings. The normalized spacial score (nSPS) is 55.2. The van der Waals surface area contributed by atoms with Crippen LogP contribution in [-0.2, 0) is 42.7 Å². The van der Waals surface area contributed by atoms with Crippen molar-refractivity contribution in [3.63, 3.8) is 0 Å². The van der Waals surface area contributed by atoms with Gasteiger partial charge in [0, 0.05) is 22.2 Å². The first kappa shape index (κ1) is 55.9. The zero-order chi connectivity index (χ0) is 54.2. The molecule has 4 saturated heterocycles. The zero-order valence-electron chi connectivity index (χ0n) is 43.6. The Balaban J connectivity index is 0.900. The smallest absolute Gasteiger partial charge is 0.338 e. The Labute approximate surface area is 436 Å². The van der Waals surface area contributed by atoms with E-state index >= 15 is 0 Å². The average Bonchev–Trinajstić information content (AvgIpc) is 4.34. The van der Waals surface area contributed by atoms with Crippen molar-refractivity contribution in [3.8, 4) is 0 Å². The van der Waals surface area contributed by atoms with Gasteiger partial charge in [-0.05, 0) is 93.1 Å². The fraction of sp³-hybridized carbons (Fsp3) is 0.852. The van der Waals surface area contributed by atoms with E-state index in [0.29, 0.717) is 56.9 Å². The molecule has 1 aromatic carbocycles. The number of esters is 1. The summed E-state index contributed by atoms with van der Waals surface area (Å²) in [4.78, 5) is 26.7. The highest BCUT2D eigenvalue weighted by molar-refractivity contribution is 5.89. The molecule has 11 N–H and O–H groups in total. The standard InChI is InChI=1S/C54H80O21/c1-48(23-57)17-31-50(3,19-35(48)72-44(67)25-10-8-7-9-11-25)32(59)18-53(6)52(5)15-12-29-49(2,30(52)16-34-54(31,53)75-34)14-13-33(51(29,4)24-58)73-47-43(74-46-42(66)40(64)37(61)27(21-56)70-46)38(62)28(22-68-47)71-45-41(65)39(63)36(60)26(20-55)69-45/h7-11,23,26-43,45-47,55-56,58-66H,12-22,24H2,1-6H3. The SMILES string of the molecule is CC1(C=O)CC2C(C)(CC1OC(=O)c1ccccc1)C(O)CC1(C)C3(C)CCC4C(C)(CO)C(OC5OCC(OC6OC(CO)C(O)C(O)C6O)C(O)C5OC5OC(CO)C(O)C(O)C5O)CCC4(C)C3CC3OC321. The number of aliphatic hydroxyl groups is 11. The molecule has 5 aliphatic carbocycles. The molecule has 4 heterocycles. The third-order valence-corrected chi connectivity index (χ3v) is 21.7. The second kappa shape index (κ2) is 19.7. The summed E-state index contributed by atoms with van der Waals surface area (Å²) in [6, 6.07) is 8.68. The second-order valence-electron chi connectivity index (χ2n) is 25.3. The molecule has 5 saturated carbocycles. The number of rotatable bonds is 12. The molecule has 0 bridgehead atoms. The lowest BCUT2D eigenvalue weighted by Crippen LogP contribution is -2.74. The summed E-state index contributed by atoms with van der Waals surface area (Å²) < 4.78 is 49.8. The molecule has 9 fully saturated rings. The van der Waals surface area contributed by atoms with Gasteiger partial charge < -0.3 is 98.9 Å². The second-order valence-corrected chi connectivity index (χ2v) is 25.3. The van der Waals surface area contributed by atoms with E-state index in [0.717, 1.165) is 6.29 Å². The number of carbonyl (C=O) groups is 2. The summed E-state index contributed by atoms with van der Waals surface area (Å²) >= 11 is 0. The molecule has 1 spiro atoms. The van der Waals surface area contributed by atoms with Crippen LogP contribution in [0.1, 0.15) is 103 Å². The number of aldehydes is 1. The van der Waals surface area contributed by atoms with Crippen molar-refractivity contribution < 1.29 is 104 Å².